The summed E-state index contributed by atoms with van der Waals surface area (Å²) < 4.78 is 19.4. The first-order valence-corrected chi connectivity index (χ1v) is 18.1. The van der Waals surface area contributed by atoms with Gasteiger partial charge in [-0.25, -0.2) is 4.68 Å². The maximum Gasteiger partial charge on any atom is 0.326 e. The maximum absolute atomic E-state index is 13.6. The summed E-state index contributed by atoms with van der Waals surface area (Å²) in [5.74, 6) is 0.0567. The second-order valence-electron chi connectivity index (χ2n) is 13.8. The number of nitrogens with zero attached hydrogens (tertiary/aromatic N) is 4. The van der Waals surface area contributed by atoms with Crippen molar-refractivity contribution >= 4 is 20.2 Å². The fourth-order valence-electron chi connectivity index (χ4n) is 4.64. The lowest BCUT2D eigenvalue weighted by Gasteiger charge is -2.36. The number of carbonyl (C=O) groups excluding carboxylic acids is 2. The highest BCUT2D eigenvalue weighted by molar-refractivity contribution is 6.74. The number of carbonyl (C=O) groups is 2. The fraction of sp³-hybridized carbons (Fsp3) is 0.656. The number of hydrogen-bond donors (Lipinski definition) is 0. The van der Waals surface area contributed by atoms with Gasteiger partial charge in [-0.3, -0.25) is 9.59 Å². The topological polar surface area (TPSA) is 86.1 Å². The van der Waals surface area contributed by atoms with E-state index in [0.29, 0.717) is 24.8 Å². The smallest absolute Gasteiger partial charge is 0.326 e. The average molecular weight is 601 g/mol. The van der Waals surface area contributed by atoms with Crippen molar-refractivity contribution in [3.05, 3.63) is 42.2 Å². The predicted octanol–water partition coefficient (Wildman–Crippen LogP) is 5.93. The van der Waals surface area contributed by atoms with Crippen LogP contribution in [-0.4, -0.2) is 90.8 Å². The van der Waals surface area contributed by atoms with Gasteiger partial charge in [-0.15, -0.1) is 0 Å². The van der Waals surface area contributed by atoms with Crippen LogP contribution in [-0.2, 0) is 14.0 Å². The summed E-state index contributed by atoms with van der Waals surface area (Å²) in [6.07, 6.45) is 6.79. The standard InChI is InChI=1S/C32H52N4O5Si/c1-25-12-10-17-34(25)18-11-20-39-28-15-13-27(14-16-28)36-23-26(22-33-36)30(38)35(24-29(37)41-31(2,3)4)19-21-40-42(8,9)32(5,6)7/h13-16,22-23,25H,10-12,17-21,24H2,1-9H3/t25-/m1/s1. The second kappa shape index (κ2) is 14.2. The summed E-state index contributed by atoms with van der Waals surface area (Å²) in [6, 6.07) is 8.36. The molecule has 0 spiro atoms. The van der Waals surface area contributed by atoms with Crippen molar-refractivity contribution in [1.82, 2.24) is 19.6 Å². The molecule has 234 valence electrons. The molecular weight excluding hydrogens is 548 g/mol. The number of hydrogen-bond acceptors (Lipinski definition) is 7. The van der Waals surface area contributed by atoms with Crippen LogP contribution in [0.1, 0.15) is 78.1 Å². The van der Waals surface area contributed by atoms with Crippen LogP contribution in [0.15, 0.2) is 36.7 Å². The van der Waals surface area contributed by atoms with Crippen molar-refractivity contribution in [3.63, 3.8) is 0 Å². The molecule has 0 aliphatic carbocycles. The predicted molar refractivity (Wildman–Crippen MR) is 169 cm³/mol. The maximum atomic E-state index is 13.6. The molecule has 2 heterocycles. The first-order valence-electron chi connectivity index (χ1n) is 15.2. The Labute approximate surface area is 253 Å². The first-order chi connectivity index (χ1) is 19.6. The Morgan fingerprint density at radius 2 is 1.76 bits per heavy atom. The molecule has 0 N–H and O–H groups in total. The molecule has 1 aliphatic heterocycles. The van der Waals surface area contributed by atoms with Crippen LogP contribution in [0.5, 0.6) is 5.75 Å². The van der Waals surface area contributed by atoms with Crippen LogP contribution < -0.4 is 4.74 Å². The van der Waals surface area contributed by atoms with Gasteiger partial charge < -0.3 is 23.7 Å². The second-order valence-corrected chi connectivity index (χ2v) is 18.6. The van der Waals surface area contributed by atoms with E-state index in [9.17, 15) is 9.59 Å². The van der Waals surface area contributed by atoms with Gasteiger partial charge in [0, 0.05) is 25.3 Å². The molecule has 9 nitrogen and oxygen atoms in total. The lowest BCUT2D eigenvalue weighted by atomic mass is 10.2. The Balaban J connectivity index is 1.62. The third kappa shape index (κ3) is 9.95. The van der Waals surface area contributed by atoms with E-state index in [2.05, 4.69) is 50.8 Å². The van der Waals surface area contributed by atoms with Gasteiger partial charge in [0.15, 0.2) is 8.32 Å². The summed E-state index contributed by atoms with van der Waals surface area (Å²) in [5, 5.41) is 4.46. The highest BCUT2D eigenvalue weighted by Gasteiger charge is 2.37. The van der Waals surface area contributed by atoms with Crippen LogP contribution >= 0.6 is 0 Å². The monoisotopic (exact) mass is 600 g/mol. The molecule has 0 saturated carbocycles. The number of benzene rings is 1. The Hall–Kier alpha value is -2.69. The Morgan fingerprint density at radius 1 is 1.07 bits per heavy atom. The van der Waals surface area contributed by atoms with Gasteiger partial charge in [0.05, 0.1) is 30.7 Å². The molecule has 10 heteroatoms. The normalized spacial score (nSPS) is 16.5. The van der Waals surface area contributed by atoms with Crippen LogP contribution in [0.3, 0.4) is 0 Å². The zero-order valence-corrected chi connectivity index (χ0v) is 28.2. The highest BCUT2D eigenvalue weighted by Crippen LogP contribution is 2.36. The molecule has 2 aromatic rings. The minimum absolute atomic E-state index is 0.0427. The van der Waals surface area contributed by atoms with Gasteiger partial charge in [0.25, 0.3) is 5.91 Å². The van der Waals surface area contributed by atoms with E-state index in [-0.39, 0.29) is 24.0 Å². The Kier molecular flexibility index (Phi) is 11.4. The van der Waals surface area contributed by atoms with Crippen molar-refractivity contribution in [2.75, 3.05) is 39.4 Å². The van der Waals surface area contributed by atoms with Crippen molar-refractivity contribution in [2.45, 2.75) is 97.5 Å². The number of rotatable bonds is 13. The van der Waals surface area contributed by atoms with Gasteiger partial charge in [-0.1, -0.05) is 20.8 Å². The van der Waals surface area contributed by atoms with Gasteiger partial charge in [-0.05, 0) is 95.9 Å². The molecule has 1 aromatic heterocycles. The zero-order chi connectivity index (χ0) is 31.1. The lowest BCUT2D eigenvalue weighted by Crippen LogP contribution is -2.45. The van der Waals surface area contributed by atoms with E-state index in [1.807, 2.05) is 45.0 Å². The number of esters is 1. The van der Waals surface area contributed by atoms with Crippen LogP contribution in [0.4, 0.5) is 0 Å². The number of likely N-dealkylation sites (tertiary alicyclic amines) is 1. The SMILES string of the molecule is C[C@@H]1CCCN1CCCOc1ccc(-n2cc(C(=O)N(CCO[Si](C)(C)C(C)(C)C)CC(=O)OC(C)(C)C)cn2)cc1. The number of amides is 1. The molecule has 1 amide bonds. The lowest BCUT2D eigenvalue weighted by molar-refractivity contribution is -0.155. The first kappa shape index (κ1) is 33.8. The molecule has 42 heavy (non-hydrogen) atoms. The van der Waals surface area contributed by atoms with Crippen molar-refractivity contribution in [2.24, 2.45) is 0 Å². The molecule has 1 fully saturated rings. The molecular formula is C32H52N4O5Si. The van der Waals surface area contributed by atoms with E-state index in [4.69, 9.17) is 13.9 Å². The summed E-state index contributed by atoms with van der Waals surface area (Å²) in [6.45, 7) is 22.0. The van der Waals surface area contributed by atoms with Crippen LogP contribution in [0, 0.1) is 0 Å². The van der Waals surface area contributed by atoms with Gasteiger partial charge in [-0.2, -0.15) is 5.10 Å². The summed E-state index contributed by atoms with van der Waals surface area (Å²) in [5.41, 5.74) is 0.561. The molecule has 0 radical (unpaired) electrons. The number of aromatic nitrogens is 2. The summed E-state index contributed by atoms with van der Waals surface area (Å²) >= 11 is 0. The fourth-order valence-corrected chi connectivity index (χ4v) is 5.68. The highest BCUT2D eigenvalue weighted by atomic mass is 28.4. The zero-order valence-electron chi connectivity index (χ0n) is 27.2. The number of ether oxygens (including phenoxy) is 2. The van der Waals surface area contributed by atoms with E-state index in [0.717, 1.165) is 24.4 Å². The molecule has 1 saturated heterocycles. The molecule has 1 aliphatic rings. The van der Waals surface area contributed by atoms with Crippen LogP contribution in [0.25, 0.3) is 5.69 Å². The average Bonchev–Trinajstić information content (AvgIpc) is 3.53. The van der Waals surface area contributed by atoms with Crippen LogP contribution in [0.2, 0.25) is 18.1 Å². The van der Waals surface area contributed by atoms with E-state index in [1.165, 1.54) is 30.5 Å². The summed E-state index contributed by atoms with van der Waals surface area (Å²) in [4.78, 5) is 30.2. The van der Waals surface area contributed by atoms with Gasteiger partial charge >= 0.3 is 5.97 Å². The van der Waals surface area contributed by atoms with E-state index >= 15 is 0 Å². The molecule has 3 rings (SSSR count). The largest absolute Gasteiger partial charge is 0.494 e. The van der Waals surface area contributed by atoms with E-state index < -0.39 is 19.9 Å². The minimum Gasteiger partial charge on any atom is -0.494 e. The molecule has 1 aromatic carbocycles. The third-order valence-electron chi connectivity index (χ3n) is 8.14. The van der Waals surface area contributed by atoms with Gasteiger partial charge in [0.2, 0.25) is 0 Å². The molecule has 0 unspecified atom stereocenters. The van der Waals surface area contributed by atoms with Crippen molar-refractivity contribution in [3.8, 4) is 11.4 Å². The molecule has 0 bridgehead atoms. The van der Waals surface area contributed by atoms with E-state index in [1.54, 1.807) is 10.9 Å². The molecule has 1 atom stereocenters. The summed E-state index contributed by atoms with van der Waals surface area (Å²) in [7, 11) is -2.01. The minimum atomic E-state index is -2.01. The Bertz CT molecular complexity index is 1170. The third-order valence-corrected chi connectivity index (χ3v) is 12.7. The van der Waals surface area contributed by atoms with Crippen molar-refractivity contribution in [1.29, 1.82) is 0 Å². The Morgan fingerprint density at radius 3 is 2.36 bits per heavy atom. The quantitative estimate of drug-likeness (QED) is 0.160. The van der Waals surface area contributed by atoms with Gasteiger partial charge in [0.1, 0.15) is 17.9 Å². The van der Waals surface area contributed by atoms with Crippen molar-refractivity contribution < 1.29 is 23.5 Å².